The van der Waals surface area contributed by atoms with Crippen LogP contribution >= 0.6 is 0 Å². The maximum atomic E-state index is 12.6. The third kappa shape index (κ3) is 2.48. The number of imidazole rings is 1. The molecule has 0 saturated carbocycles. The lowest BCUT2D eigenvalue weighted by Gasteiger charge is -2.44. The van der Waals surface area contributed by atoms with Gasteiger partial charge in [0.25, 0.3) is 5.95 Å². The molecule has 2 aromatic heterocycles. The van der Waals surface area contributed by atoms with Crippen molar-refractivity contribution in [3.05, 3.63) is 64.9 Å². The molecular weight excluding hydrogens is 378 g/mol. The van der Waals surface area contributed by atoms with Crippen molar-refractivity contribution >= 4 is 5.78 Å². The fraction of sp³-hybridized carbons (Fsp3) is 0.364. The van der Waals surface area contributed by atoms with Crippen molar-refractivity contribution in [1.29, 1.82) is 0 Å². The minimum atomic E-state index is -0.502. The average Bonchev–Trinajstić information content (AvgIpc) is 3.35. The third-order valence-corrected chi connectivity index (χ3v) is 6.50. The smallest absolute Gasteiger partial charge is 0.276 e. The Morgan fingerprint density at radius 1 is 1.27 bits per heavy atom. The van der Waals surface area contributed by atoms with Crippen LogP contribution in [0.25, 0.3) is 22.2 Å². The highest BCUT2D eigenvalue weighted by molar-refractivity contribution is 6.00. The molecule has 0 fully saturated rings. The lowest BCUT2D eigenvalue weighted by Crippen LogP contribution is -2.45. The summed E-state index contributed by atoms with van der Waals surface area (Å²) >= 11 is 0. The van der Waals surface area contributed by atoms with Crippen molar-refractivity contribution < 1.29 is 4.79 Å². The number of benzene rings is 1. The molecule has 0 amide bonds. The van der Waals surface area contributed by atoms with E-state index >= 15 is 0 Å². The molecule has 0 spiro atoms. The Hall–Kier alpha value is -3.60. The molecule has 1 aromatic carbocycles. The number of carbonyl (C=O) groups excluding carboxylic acids is 1. The molecule has 3 atom stereocenters. The molecule has 5 rings (SSSR count). The molecule has 2 aliphatic rings. The molecular formula is C22H21N7O. The molecule has 0 N–H and O–H groups in total. The molecule has 30 heavy (non-hydrogen) atoms. The summed E-state index contributed by atoms with van der Waals surface area (Å²) in [5, 5.41) is 12.7. The van der Waals surface area contributed by atoms with E-state index in [4.69, 9.17) is 11.6 Å². The minimum Gasteiger partial charge on any atom is -0.308 e. The second kappa shape index (κ2) is 6.46. The Labute approximate surface area is 174 Å². The molecule has 0 radical (unpaired) electrons. The number of carbonyl (C=O) groups is 1. The lowest BCUT2D eigenvalue weighted by atomic mass is 9.59. The van der Waals surface area contributed by atoms with Crippen LogP contribution in [0.5, 0.6) is 0 Å². The third-order valence-electron chi connectivity index (χ3n) is 6.50. The normalized spacial score (nSPS) is 25.3. The number of ketones is 1. The van der Waals surface area contributed by atoms with E-state index in [0.717, 1.165) is 35.6 Å². The first-order chi connectivity index (χ1) is 14.4. The van der Waals surface area contributed by atoms with Gasteiger partial charge in [-0.1, -0.05) is 55.4 Å². The maximum Gasteiger partial charge on any atom is 0.276 e. The number of hydrogen-bond donors (Lipinski definition) is 0. The lowest BCUT2D eigenvalue weighted by molar-refractivity contribution is -0.121. The largest absolute Gasteiger partial charge is 0.308 e. The molecule has 0 aliphatic heterocycles. The van der Waals surface area contributed by atoms with Gasteiger partial charge in [0.1, 0.15) is 5.82 Å². The van der Waals surface area contributed by atoms with Gasteiger partial charge in [-0.3, -0.25) is 4.57 Å². The maximum absolute atomic E-state index is 12.6. The molecule has 2 aliphatic carbocycles. The van der Waals surface area contributed by atoms with Gasteiger partial charge in [0.05, 0.1) is 25.0 Å². The molecule has 2 heterocycles. The van der Waals surface area contributed by atoms with Crippen molar-refractivity contribution in [2.24, 2.45) is 18.9 Å². The first kappa shape index (κ1) is 18.4. The van der Waals surface area contributed by atoms with Gasteiger partial charge in [-0.25, -0.2) is 9.83 Å². The number of allylic oxidation sites excluding steroid dienone is 2. The predicted octanol–water partition coefficient (Wildman–Crippen LogP) is 2.90. The summed E-state index contributed by atoms with van der Waals surface area (Å²) < 4.78 is 1.98. The molecule has 8 nitrogen and oxygen atoms in total. The van der Waals surface area contributed by atoms with Crippen molar-refractivity contribution in [2.45, 2.75) is 32.1 Å². The van der Waals surface area contributed by atoms with E-state index in [1.165, 1.54) is 4.80 Å². The van der Waals surface area contributed by atoms with Gasteiger partial charge in [-0.05, 0) is 24.0 Å². The molecule has 8 heteroatoms. The van der Waals surface area contributed by atoms with Crippen LogP contribution in [0.4, 0.5) is 0 Å². The Bertz CT molecular complexity index is 1230. The van der Waals surface area contributed by atoms with Gasteiger partial charge >= 0.3 is 0 Å². The Kier molecular flexibility index (Phi) is 3.97. The molecule has 0 unspecified atom stereocenters. The first-order valence-electron chi connectivity index (χ1n) is 10.0. The van der Waals surface area contributed by atoms with Gasteiger partial charge < -0.3 is 4.79 Å². The van der Waals surface area contributed by atoms with Crippen LogP contribution in [-0.4, -0.2) is 35.5 Å². The van der Waals surface area contributed by atoms with E-state index in [1.807, 2.05) is 47.9 Å². The second-order valence-corrected chi connectivity index (χ2v) is 8.23. The first-order valence-corrected chi connectivity index (χ1v) is 10.0. The van der Waals surface area contributed by atoms with Gasteiger partial charge in [0.15, 0.2) is 5.78 Å². The van der Waals surface area contributed by atoms with Gasteiger partial charge in [-0.2, -0.15) is 4.80 Å². The summed E-state index contributed by atoms with van der Waals surface area (Å²) in [6.07, 6.45) is 3.42. The monoisotopic (exact) mass is 399 g/mol. The Balaban J connectivity index is 1.80. The van der Waals surface area contributed by atoms with Gasteiger partial charge in [0.2, 0.25) is 5.70 Å². The van der Waals surface area contributed by atoms with Crippen LogP contribution in [0.1, 0.15) is 31.7 Å². The SMILES string of the molecule is [C-]#[N+]C1=C[C@@]2(C)c3nc(-c4ccccc4)n(-c4nnn(C)n4)c3CC[C@@H]2[C@@H](C)C1=O. The van der Waals surface area contributed by atoms with E-state index < -0.39 is 5.41 Å². The highest BCUT2D eigenvalue weighted by atomic mass is 16.1. The van der Waals surface area contributed by atoms with Crippen LogP contribution < -0.4 is 0 Å². The highest BCUT2D eigenvalue weighted by Gasteiger charge is 2.50. The quantitative estimate of drug-likeness (QED) is 0.619. The second-order valence-electron chi connectivity index (χ2n) is 8.23. The minimum absolute atomic E-state index is 0.0609. The summed E-state index contributed by atoms with van der Waals surface area (Å²) in [7, 11) is 1.73. The Morgan fingerprint density at radius 3 is 2.70 bits per heavy atom. The fourth-order valence-corrected chi connectivity index (χ4v) is 5.05. The van der Waals surface area contributed by atoms with E-state index in [1.54, 1.807) is 7.05 Å². The summed E-state index contributed by atoms with van der Waals surface area (Å²) in [6.45, 7) is 11.5. The Morgan fingerprint density at radius 2 is 2.03 bits per heavy atom. The topological polar surface area (TPSA) is 82.8 Å². The zero-order valence-electron chi connectivity index (χ0n) is 17.1. The number of nitrogens with zero attached hydrogens (tertiary/aromatic N) is 7. The van der Waals surface area contributed by atoms with Crippen LogP contribution in [0, 0.1) is 18.4 Å². The number of fused-ring (bicyclic) bond motifs is 3. The van der Waals surface area contributed by atoms with E-state index in [0.29, 0.717) is 5.95 Å². The van der Waals surface area contributed by atoms with Crippen molar-refractivity contribution in [3.63, 3.8) is 0 Å². The summed E-state index contributed by atoms with van der Waals surface area (Å²) in [5.74, 6) is 1.05. The molecule has 0 saturated heterocycles. The average molecular weight is 399 g/mol. The number of rotatable bonds is 2. The van der Waals surface area contributed by atoms with Crippen LogP contribution in [0.2, 0.25) is 0 Å². The zero-order valence-corrected chi connectivity index (χ0v) is 17.1. The van der Waals surface area contributed by atoms with Crippen molar-refractivity contribution in [3.8, 4) is 17.3 Å². The summed E-state index contributed by atoms with van der Waals surface area (Å²) in [5.41, 5.74) is 2.57. The molecule has 0 bridgehead atoms. The molecule has 150 valence electrons. The predicted molar refractivity (Wildman–Crippen MR) is 109 cm³/mol. The van der Waals surface area contributed by atoms with Crippen LogP contribution in [0.15, 0.2) is 42.1 Å². The zero-order chi connectivity index (χ0) is 21.0. The van der Waals surface area contributed by atoms with E-state index in [2.05, 4.69) is 27.2 Å². The fourth-order valence-electron chi connectivity index (χ4n) is 5.05. The number of aromatic nitrogens is 6. The van der Waals surface area contributed by atoms with Crippen LogP contribution in [0.3, 0.4) is 0 Å². The standard InChI is InChI=1S/C22H21N7O/c1-13-15-10-11-17-19(22(15,2)12-16(23-3)18(13)30)24-20(14-8-6-5-7-9-14)29(17)21-25-27-28(4)26-21/h5-9,12-13,15H,10-11H2,1-2,4H3/t13-,15-,22-/m1/s1. The van der Waals surface area contributed by atoms with E-state index in [9.17, 15) is 4.79 Å². The van der Waals surface area contributed by atoms with E-state index in [-0.39, 0.29) is 23.3 Å². The summed E-state index contributed by atoms with van der Waals surface area (Å²) in [6, 6.07) is 9.93. The summed E-state index contributed by atoms with van der Waals surface area (Å²) in [4.78, 5) is 22.7. The van der Waals surface area contributed by atoms with Crippen LogP contribution in [-0.2, 0) is 23.7 Å². The number of hydrogen-bond acceptors (Lipinski definition) is 5. The highest BCUT2D eigenvalue weighted by Crippen LogP contribution is 2.50. The van der Waals surface area contributed by atoms with Gasteiger partial charge in [-0.15, -0.1) is 5.10 Å². The van der Waals surface area contributed by atoms with Gasteiger partial charge in [0, 0.05) is 16.9 Å². The van der Waals surface area contributed by atoms with Crippen molar-refractivity contribution in [2.75, 3.05) is 0 Å². The number of aryl methyl sites for hydroxylation is 1. The molecule has 3 aromatic rings. The van der Waals surface area contributed by atoms with Crippen molar-refractivity contribution in [1.82, 2.24) is 29.8 Å². The number of tetrazole rings is 1. The number of Topliss-reactive ketones (excluding diaryl/α,β-unsaturated/α-hetero) is 1.